The van der Waals surface area contributed by atoms with E-state index < -0.39 is 16.8 Å². The van der Waals surface area contributed by atoms with Crippen LogP contribution in [0.2, 0.25) is 0 Å². The van der Waals surface area contributed by atoms with Gasteiger partial charge in [-0.05, 0) is 13.3 Å². The summed E-state index contributed by atoms with van der Waals surface area (Å²) in [5.41, 5.74) is 0.527. The molecule has 7 heteroatoms. The number of hydrogen-bond donors (Lipinski definition) is 2. The molecule has 0 saturated heterocycles. The smallest absolute Gasteiger partial charge is 0.347 e. The van der Waals surface area contributed by atoms with Gasteiger partial charge in [-0.1, -0.05) is 11.3 Å². The number of aryl methyl sites for hydroxylation is 1. The van der Waals surface area contributed by atoms with Gasteiger partial charge in [-0.15, -0.1) is 0 Å². The van der Waals surface area contributed by atoms with Crippen molar-refractivity contribution in [2.45, 2.75) is 13.3 Å². The third-order valence-corrected chi connectivity index (χ3v) is 3.84. The zero-order chi connectivity index (χ0) is 12.1. The first-order chi connectivity index (χ1) is 7.50. The average molecular weight is 262 g/mol. The van der Waals surface area contributed by atoms with Crippen LogP contribution in [0.5, 0.6) is 0 Å². The van der Waals surface area contributed by atoms with E-state index in [1.54, 1.807) is 13.2 Å². The van der Waals surface area contributed by atoms with Crippen molar-refractivity contribution in [3.05, 3.63) is 10.6 Å². The van der Waals surface area contributed by atoms with Gasteiger partial charge in [-0.3, -0.25) is 4.21 Å². The van der Waals surface area contributed by atoms with Crippen LogP contribution in [0.25, 0.3) is 0 Å². The molecule has 0 aromatic carbocycles. The quantitative estimate of drug-likeness (QED) is 0.756. The Balaban J connectivity index is 2.46. The molecule has 0 fully saturated rings. The number of nitrogens with zero attached hydrogens (tertiary/aromatic N) is 1. The highest BCUT2D eigenvalue weighted by molar-refractivity contribution is 7.84. The van der Waals surface area contributed by atoms with Crippen molar-refractivity contribution in [2.75, 3.05) is 23.9 Å². The van der Waals surface area contributed by atoms with Gasteiger partial charge in [0.2, 0.25) is 0 Å². The molecule has 0 aliphatic carbocycles. The highest BCUT2D eigenvalue weighted by Gasteiger charge is 2.13. The van der Waals surface area contributed by atoms with E-state index in [0.717, 1.165) is 17.8 Å². The maximum absolute atomic E-state index is 10.8. The lowest BCUT2D eigenvalue weighted by Crippen LogP contribution is -2.05. The lowest BCUT2D eigenvalue weighted by molar-refractivity contribution is 0.0701. The Bertz CT molecular complexity index is 403. The van der Waals surface area contributed by atoms with Crippen molar-refractivity contribution in [3.8, 4) is 0 Å². The summed E-state index contributed by atoms with van der Waals surface area (Å²) in [6, 6.07) is 0. The van der Waals surface area contributed by atoms with Crippen molar-refractivity contribution >= 4 is 33.2 Å². The first kappa shape index (κ1) is 13.1. The maximum atomic E-state index is 10.8. The highest BCUT2D eigenvalue weighted by Crippen LogP contribution is 2.22. The minimum Gasteiger partial charge on any atom is -0.477 e. The Morgan fingerprint density at radius 2 is 2.31 bits per heavy atom. The number of rotatable bonds is 6. The molecule has 2 N–H and O–H groups in total. The lowest BCUT2D eigenvalue weighted by atomic mass is 10.4. The predicted octanol–water partition coefficient (Wildman–Crippen LogP) is 1.33. The minimum absolute atomic E-state index is 0.265. The van der Waals surface area contributed by atoms with Crippen LogP contribution in [0.1, 0.15) is 21.8 Å². The van der Waals surface area contributed by atoms with Crippen LogP contribution in [0.15, 0.2) is 0 Å². The van der Waals surface area contributed by atoms with Gasteiger partial charge in [-0.25, -0.2) is 9.78 Å². The first-order valence-corrected chi connectivity index (χ1v) is 7.29. The highest BCUT2D eigenvalue weighted by atomic mass is 32.2. The number of aromatic carboxylic acids is 1. The van der Waals surface area contributed by atoms with E-state index in [1.807, 2.05) is 0 Å². The van der Waals surface area contributed by atoms with E-state index in [-0.39, 0.29) is 4.88 Å². The number of hydrogen-bond acceptors (Lipinski definition) is 5. The summed E-state index contributed by atoms with van der Waals surface area (Å²) in [7, 11) is -0.781. The Kier molecular flexibility index (Phi) is 4.88. The van der Waals surface area contributed by atoms with Crippen LogP contribution in [-0.4, -0.2) is 38.8 Å². The molecular formula is C9H14N2O3S2. The minimum atomic E-state index is -0.947. The maximum Gasteiger partial charge on any atom is 0.347 e. The Labute approximate surface area is 100 Å². The summed E-state index contributed by atoms with van der Waals surface area (Å²) in [5, 5.41) is 12.5. The van der Waals surface area contributed by atoms with Crippen LogP contribution in [0, 0.1) is 6.92 Å². The van der Waals surface area contributed by atoms with E-state index in [9.17, 15) is 9.00 Å². The number of carbonyl (C=O) groups is 1. The molecule has 0 bridgehead atoms. The Morgan fingerprint density at radius 1 is 1.62 bits per heavy atom. The van der Waals surface area contributed by atoms with Crippen LogP contribution < -0.4 is 5.32 Å². The molecule has 16 heavy (non-hydrogen) atoms. The van der Waals surface area contributed by atoms with Gasteiger partial charge in [0.25, 0.3) is 0 Å². The Hall–Kier alpha value is -0.950. The van der Waals surface area contributed by atoms with Crippen LogP contribution in [0.4, 0.5) is 5.13 Å². The summed E-state index contributed by atoms with van der Waals surface area (Å²) < 4.78 is 10.8. The predicted molar refractivity (Wildman–Crippen MR) is 65.9 cm³/mol. The van der Waals surface area contributed by atoms with Gasteiger partial charge in [-0.2, -0.15) is 0 Å². The molecule has 0 spiro atoms. The number of thiazole rings is 1. The molecule has 1 rings (SSSR count). The number of aromatic nitrogens is 1. The van der Waals surface area contributed by atoms with Crippen molar-refractivity contribution < 1.29 is 14.1 Å². The molecular weight excluding hydrogens is 248 g/mol. The monoisotopic (exact) mass is 262 g/mol. The zero-order valence-corrected chi connectivity index (χ0v) is 10.8. The summed E-state index contributed by atoms with van der Waals surface area (Å²) in [4.78, 5) is 15.1. The molecule has 0 amide bonds. The van der Waals surface area contributed by atoms with Gasteiger partial charge >= 0.3 is 5.97 Å². The van der Waals surface area contributed by atoms with E-state index in [4.69, 9.17) is 5.11 Å². The molecule has 1 aromatic heterocycles. The Morgan fingerprint density at radius 3 is 2.81 bits per heavy atom. The third-order valence-electron chi connectivity index (χ3n) is 1.88. The third kappa shape index (κ3) is 3.90. The SMILES string of the molecule is Cc1nc(NCCCS(C)=O)sc1C(=O)O. The average Bonchev–Trinajstić information content (AvgIpc) is 2.54. The second-order valence-corrected chi connectivity index (χ2v) is 5.85. The van der Waals surface area contributed by atoms with Gasteiger partial charge in [0, 0.05) is 29.4 Å². The summed E-state index contributed by atoms with van der Waals surface area (Å²) in [6.07, 6.45) is 2.44. The number of carboxylic acid groups (broad SMARTS) is 1. The van der Waals surface area contributed by atoms with E-state index in [1.165, 1.54) is 0 Å². The fourth-order valence-corrected chi connectivity index (χ4v) is 2.52. The molecule has 90 valence electrons. The molecule has 0 aliphatic rings. The fourth-order valence-electron chi connectivity index (χ4n) is 1.14. The number of carboxylic acids is 1. The fraction of sp³-hybridized carbons (Fsp3) is 0.556. The van der Waals surface area contributed by atoms with Crippen LogP contribution >= 0.6 is 11.3 Å². The van der Waals surface area contributed by atoms with Crippen molar-refractivity contribution in [3.63, 3.8) is 0 Å². The van der Waals surface area contributed by atoms with Gasteiger partial charge in [0.15, 0.2) is 5.13 Å². The van der Waals surface area contributed by atoms with Crippen LogP contribution in [0.3, 0.4) is 0 Å². The summed E-state index contributed by atoms with van der Waals surface area (Å²) >= 11 is 1.13. The topological polar surface area (TPSA) is 79.3 Å². The second-order valence-electron chi connectivity index (χ2n) is 3.30. The molecule has 5 nitrogen and oxygen atoms in total. The molecule has 1 heterocycles. The van der Waals surface area contributed by atoms with E-state index >= 15 is 0 Å². The van der Waals surface area contributed by atoms with Gasteiger partial charge in [0.1, 0.15) is 4.88 Å². The molecule has 0 saturated carbocycles. The molecule has 1 aromatic rings. The summed E-state index contributed by atoms with van der Waals surface area (Å²) in [5.74, 6) is -0.305. The molecule has 1 atom stereocenters. The second kappa shape index (κ2) is 5.95. The molecule has 1 unspecified atom stereocenters. The first-order valence-electron chi connectivity index (χ1n) is 4.75. The lowest BCUT2D eigenvalue weighted by Gasteiger charge is -2.00. The van der Waals surface area contributed by atoms with Crippen LogP contribution in [-0.2, 0) is 10.8 Å². The number of anilines is 1. The van der Waals surface area contributed by atoms with Gasteiger partial charge < -0.3 is 10.4 Å². The van der Waals surface area contributed by atoms with E-state index in [0.29, 0.717) is 23.1 Å². The van der Waals surface area contributed by atoms with Crippen molar-refractivity contribution in [1.29, 1.82) is 0 Å². The zero-order valence-electron chi connectivity index (χ0n) is 9.15. The largest absolute Gasteiger partial charge is 0.477 e. The van der Waals surface area contributed by atoms with Crippen molar-refractivity contribution in [1.82, 2.24) is 4.98 Å². The van der Waals surface area contributed by atoms with Crippen molar-refractivity contribution in [2.24, 2.45) is 0 Å². The standard InChI is InChI=1S/C9H14N2O3S2/c1-6-7(8(12)13)15-9(11-6)10-4-3-5-16(2)14/h3-5H2,1-2H3,(H,10,11)(H,12,13). The normalized spacial score (nSPS) is 12.4. The number of nitrogens with one attached hydrogen (secondary N) is 1. The van der Waals surface area contributed by atoms with Gasteiger partial charge in [0.05, 0.1) is 5.69 Å². The summed E-state index contributed by atoms with van der Waals surface area (Å²) in [6.45, 7) is 2.33. The van der Waals surface area contributed by atoms with E-state index in [2.05, 4.69) is 10.3 Å². The molecule has 0 radical (unpaired) electrons. The molecule has 0 aliphatic heterocycles.